The quantitative estimate of drug-likeness (QED) is 0.267. The average molecular weight is 562 g/mol. The van der Waals surface area contributed by atoms with Gasteiger partial charge in [0.25, 0.3) is 0 Å². The molecule has 4 rings (SSSR count). The van der Waals surface area contributed by atoms with E-state index in [0.29, 0.717) is 39.4 Å². The van der Waals surface area contributed by atoms with Gasteiger partial charge in [-0.1, -0.05) is 29.8 Å². The van der Waals surface area contributed by atoms with Crippen LogP contribution in [-0.4, -0.2) is 42.4 Å². The zero-order valence-corrected chi connectivity index (χ0v) is 22.4. The molecule has 4 aromatic rings. The van der Waals surface area contributed by atoms with Crippen molar-refractivity contribution in [2.24, 2.45) is 0 Å². The monoisotopic (exact) mass is 561 g/mol. The van der Waals surface area contributed by atoms with Gasteiger partial charge in [-0.25, -0.2) is 4.98 Å². The van der Waals surface area contributed by atoms with Crippen molar-refractivity contribution in [3.63, 3.8) is 0 Å². The molecule has 0 amide bonds. The minimum Gasteiger partial charge on any atom is -0.487 e. The van der Waals surface area contributed by atoms with Gasteiger partial charge in [-0.05, 0) is 60.3 Å². The van der Waals surface area contributed by atoms with E-state index in [1.54, 1.807) is 48.5 Å². The standard InChI is InChI=1S/C25H24ClN3O6S2/c1-17-22(27-25(35-17)23-7-4-12-36-23)16-34-21-6-3-5-18(13-21)14-29(15-24(30)31)37(32,33)28(2)20-10-8-19(26)9-11-20/h3-13H,14-16H2,1-2H3,(H,30,31). The van der Waals surface area contributed by atoms with Crippen molar-refractivity contribution >= 4 is 44.8 Å². The summed E-state index contributed by atoms with van der Waals surface area (Å²) in [4.78, 5) is 16.9. The van der Waals surface area contributed by atoms with Gasteiger partial charge in [0.1, 0.15) is 30.4 Å². The van der Waals surface area contributed by atoms with Gasteiger partial charge in [0, 0.05) is 18.6 Å². The van der Waals surface area contributed by atoms with Crippen molar-refractivity contribution in [3.05, 3.63) is 88.1 Å². The molecule has 0 bridgehead atoms. The first-order valence-electron chi connectivity index (χ1n) is 11.1. The number of halogens is 1. The molecule has 0 aliphatic rings. The molecular formula is C25H24ClN3O6S2. The number of benzene rings is 2. The molecule has 2 heterocycles. The Hall–Kier alpha value is -3.38. The number of oxazole rings is 1. The Kier molecular flexibility index (Phi) is 8.18. The molecule has 2 aromatic carbocycles. The Balaban J connectivity index is 1.49. The Bertz CT molecular complexity index is 1470. The Morgan fingerprint density at radius 2 is 1.92 bits per heavy atom. The number of thiophene rings is 1. The summed E-state index contributed by atoms with van der Waals surface area (Å²) in [6, 6.07) is 16.9. The number of hydrogen-bond acceptors (Lipinski definition) is 7. The van der Waals surface area contributed by atoms with E-state index in [9.17, 15) is 18.3 Å². The Morgan fingerprint density at radius 1 is 1.16 bits per heavy atom. The summed E-state index contributed by atoms with van der Waals surface area (Å²) < 4.78 is 40.1. The summed E-state index contributed by atoms with van der Waals surface area (Å²) in [5.41, 5.74) is 1.55. The summed E-state index contributed by atoms with van der Waals surface area (Å²) in [7, 11) is -2.81. The highest BCUT2D eigenvalue weighted by Crippen LogP contribution is 2.27. The van der Waals surface area contributed by atoms with Crippen LogP contribution in [0.1, 0.15) is 17.0 Å². The molecule has 0 aliphatic heterocycles. The molecule has 0 spiro atoms. The number of aryl methyl sites for hydroxylation is 1. The number of carboxylic acids is 1. The molecule has 194 valence electrons. The fourth-order valence-electron chi connectivity index (χ4n) is 3.48. The zero-order chi connectivity index (χ0) is 26.6. The van der Waals surface area contributed by atoms with E-state index in [1.165, 1.54) is 18.4 Å². The molecule has 0 fully saturated rings. The molecule has 0 aliphatic carbocycles. The highest BCUT2D eigenvalue weighted by Gasteiger charge is 2.29. The van der Waals surface area contributed by atoms with Crippen LogP contribution in [0.15, 0.2) is 70.5 Å². The number of anilines is 1. The number of nitrogens with zero attached hydrogens (tertiary/aromatic N) is 3. The third-order valence-electron chi connectivity index (χ3n) is 5.43. The van der Waals surface area contributed by atoms with Crippen LogP contribution in [-0.2, 0) is 28.2 Å². The summed E-state index contributed by atoms with van der Waals surface area (Å²) >= 11 is 7.43. The fraction of sp³-hybridized carbons (Fsp3) is 0.200. The van der Waals surface area contributed by atoms with Crippen molar-refractivity contribution in [2.75, 3.05) is 17.9 Å². The number of rotatable bonds is 11. The van der Waals surface area contributed by atoms with Crippen LogP contribution >= 0.6 is 22.9 Å². The maximum absolute atomic E-state index is 13.3. The number of carboxylic acid groups (broad SMARTS) is 1. The first kappa shape index (κ1) is 26.7. The third kappa shape index (κ3) is 6.50. The molecule has 0 radical (unpaired) electrons. The topological polar surface area (TPSA) is 113 Å². The van der Waals surface area contributed by atoms with Gasteiger partial charge in [-0.15, -0.1) is 11.3 Å². The molecular weight excluding hydrogens is 538 g/mol. The van der Waals surface area contributed by atoms with Crippen molar-refractivity contribution in [2.45, 2.75) is 20.1 Å². The summed E-state index contributed by atoms with van der Waals surface area (Å²) in [5, 5.41) is 11.8. The molecule has 0 atom stereocenters. The van der Waals surface area contributed by atoms with Crippen molar-refractivity contribution < 1.29 is 27.5 Å². The molecule has 0 unspecified atom stereocenters. The lowest BCUT2D eigenvalue weighted by molar-refractivity contribution is -0.137. The second-order valence-corrected chi connectivity index (χ2v) is 11.4. The normalized spacial score (nSPS) is 11.6. The number of aliphatic carboxylic acids is 1. The predicted molar refractivity (Wildman–Crippen MR) is 142 cm³/mol. The van der Waals surface area contributed by atoms with Gasteiger partial charge in [-0.3, -0.25) is 9.10 Å². The number of ether oxygens (including phenoxy) is 1. The number of hydrogen-bond donors (Lipinski definition) is 1. The van der Waals surface area contributed by atoms with Gasteiger partial charge < -0.3 is 14.3 Å². The largest absolute Gasteiger partial charge is 0.487 e. The Morgan fingerprint density at radius 3 is 2.59 bits per heavy atom. The van der Waals surface area contributed by atoms with E-state index in [1.807, 2.05) is 24.4 Å². The minimum absolute atomic E-state index is 0.153. The Labute approximate surface area is 223 Å². The first-order chi connectivity index (χ1) is 17.6. The average Bonchev–Trinajstić information content (AvgIpc) is 3.52. The van der Waals surface area contributed by atoms with E-state index < -0.39 is 22.7 Å². The molecule has 2 aromatic heterocycles. The van der Waals surface area contributed by atoms with E-state index in [0.717, 1.165) is 13.5 Å². The van der Waals surface area contributed by atoms with Crippen molar-refractivity contribution in [1.29, 1.82) is 0 Å². The summed E-state index contributed by atoms with van der Waals surface area (Å²) in [6.07, 6.45) is 0. The van der Waals surface area contributed by atoms with Gasteiger partial charge >= 0.3 is 16.2 Å². The van der Waals surface area contributed by atoms with Crippen LogP contribution in [0.2, 0.25) is 5.02 Å². The highest BCUT2D eigenvalue weighted by atomic mass is 35.5. The van der Waals surface area contributed by atoms with Crippen LogP contribution in [0.5, 0.6) is 5.75 Å². The molecule has 1 N–H and O–H groups in total. The second kappa shape index (κ2) is 11.3. The smallest absolute Gasteiger partial charge is 0.318 e. The van der Waals surface area contributed by atoms with Crippen LogP contribution < -0.4 is 9.04 Å². The lowest BCUT2D eigenvalue weighted by Crippen LogP contribution is -2.44. The predicted octanol–water partition coefficient (Wildman–Crippen LogP) is 5.21. The number of carbonyl (C=O) groups is 1. The van der Waals surface area contributed by atoms with Crippen molar-refractivity contribution in [1.82, 2.24) is 9.29 Å². The van der Waals surface area contributed by atoms with E-state index >= 15 is 0 Å². The van der Waals surface area contributed by atoms with Crippen LogP contribution in [0.3, 0.4) is 0 Å². The molecule has 0 saturated heterocycles. The maximum atomic E-state index is 13.3. The van der Waals surface area contributed by atoms with Gasteiger partial charge in [-0.2, -0.15) is 12.7 Å². The van der Waals surface area contributed by atoms with Gasteiger partial charge in [0.15, 0.2) is 0 Å². The molecule has 12 heteroatoms. The van der Waals surface area contributed by atoms with Gasteiger partial charge in [0.05, 0.1) is 10.6 Å². The molecule has 9 nitrogen and oxygen atoms in total. The first-order valence-corrected chi connectivity index (χ1v) is 13.7. The lowest BCUT2D eigenvalue weighted by Gasteiger charge is -2.28. The van der Waals surface area contributed by atoms with Gasteiger partial charge in [0.2, 0.25) is 5.89 Å². The lowest BCUT2D eigenvalue weighted by atomic mass is 10.2. The fourth-order valence-corrected chi connectivity index (χ4v) is 5.58. The summed E-state index contributed by atoms with van der Waals surface area (Å²) in [5.74, 6) is 0.377. The highest BCUT2D eigenvalue weighted by molar-refractivity contribution is 7.90. The third-order valence-corrected chi connectivity index (χ3v) is 8.36. The molecule has 37 heavy (non-hydrogen) atoms. The SMILES string of the molecule is Cc1oc(-c2cccs2)nc1COc1cccc(CN(CC(=O)O)S(=O)(=O)N(C)c2ccc(Cl)cc2)c1. The molecule has 0 saturated carbocycles. The van der Waals surface area contributed by atoms with Crippen LogP contribution in [0.4, 0.5) is 5.69 Å². The number of aromatic nitrogens is 1. The maximum Gasteiger partial charge on any atom is 0.318 e. The van der Waals surface area contributed by atoms with Crippen LogP contribution in [0, 0.1) is 6.92 Å². The minimum atomic E-state index is -4.17. The second-order valence-electron chi connectivity index (χ2n) is 8.05. The van der Waals surface area contributed by atoms with Crippen LogP contribution in [0.25, 0.3) is 10.8 Å². The van der Waals surface area contributed by atoms with E-state index in [4.69, 9.17) is 20.8 Å². The van der Waals surface area contributed by atoms with E-state index in [-0.39, 0.29) is 13.2 Å². The summed E-state index contributed by atoms with van der Waals surface area (Å²) in [6.45, 7) is 1.08. The zero-order valence-electron chi connectivity index (χ0n) is 20.0. The van der Waals surface area contributed by atoms with Crippen molar-refractivity contribution in [3.8, 4) is 16.5 Å². The van der Waals surface area contributed by atoms with E-state index in [2.05, 4.69) is 4.98 Å².